The largest absolute Gasteiger partial charge is 0.497 e. The van der Waals surface area contributed by atoms with E-state index in [2.05, 4.69) is 10.6 Å². The number of carbonyl (C=O) groups is 2. The smallest absolute Gasteiger partial charge is 0.239 e. The zero-order valence-electron chi connectivity index (χ0n) is 15.7. The Hall–Kier alpha value is -2.67. The van der Waals surface area contributed by atoms with Gasteiger partial charge in [-0.1, -0.05) is 12.1 Å². The van der Waals surface area contributed by atoms with E-state index in [-0.39, 0.29) is 23.6 Å². The van der Waals surface area contributed by atoms with E-state index >= 15 is 0 Å². The molecule has 0 saturated carbocycles. The number of rotatable bonds is 9. The minimum Gasteiger partial charge on any atom is -0.497 e. The lowest BCUT2D eigenvalue weighted by Gasteiger charge is -2.12. The normalized spacial score (nSPS) is 11.4. The van der Waals surface area contributed by atoms with E-state index in [0.29, 0.717) is 6.54 Å². The molecule has 144 valence electrons. The quantitative estimate of drug-likeness (QED) is 0.646. The van der Waals surface area contributed by atoms with Crippen molar-refractivity contribution in [3.8, 4) is 11.5 Å². The van der Waals surface area contributed by atoms with Crippen LogP contribution in [0.1, 0.15) is 12.5 Å². The number of amides is 2. The van der Waals surface area contributed by atoms with Gasteiger partial charge in [0.2, 0.25) is 11.8 Å². The van der Waals surface area contributed by atoms with Crippen molar-refractivity contribution in [2.75, 3.05) is 20.8 Å². The second-order valence-corrected chi connectivity index (χ2v) is 7.19. The van der Waals surface area contributed by atoms with Crippen LogP contribution in [0.3, 0.4) is 0 Å². The Bertz CT molecular complexity index is 748. The third-order valence-corrected chi connectivity index (χ3v) is 4.93. The van der Waals surface area contributed by atoms with Crippen LogP contribution < -0.4 is 20.1 Å². The first-order valence-corrected chi connectivity index (χ1v) is 9.38. The molecule has 0 aliphatic rings. The summed E-state index contributed by atoms with van der Waals surface area (Å²) in [4.78, 5) is 25.1. The average molecular weight is 388 g/mol. The van der Waals surface area contributed by atoms with Gasteiger partial charge in [0.05, 0.1) is 26.0 Å². The van der Waals surface area contributed by atoms with Gasteiger partial charge in [0.15, 0.2) is 0 Å². The van der Waals surface area contributed by atoms with Crippen molar-refractivity contribution < 1.29 is 19.1 Å². The first-order valence-electron chi connectivity index (χ1n) is 8.50. The third-order valence-electron chi connectivity index (χ3n) is 3.81. The van der Waals surface area contributed by atoms with Crippen LogP contribution in [-0.4, -0.2) is 37.8 Å². The molecule has 7 heteroatoms. The van der Waals surface area contributed by atoms with Crippen molar-refractivity contribution >= 4 is 23.6 Å². The van der Waals surface area contributed by atoms with Gasteiger partial charge in [-0.15, -0.1) is 11.8 Å². The molecule has 0 heterocycles. The molecule has 0 aromatic heterocycles. The van der Waals surface area contributed by atoms with Crippen LogP contribution in [0.15, 0.2) is 53.4 Å². The molecule has 0 aliphatic heterocycles. The Morgan fingerprint density at radius 3 is 2.04 bits per heavy atom. The van der Waals surface area contributed by atoms with E-state index in [9.17, 15) is 9.59 Å². The number of carbonyl (C=O) groups excluding carboxylic acids is 2. The molecule has 0 radical (unpaired) electrons. The number of methoxy groups -OCH3 is 2. The number of ether oxygens (including phenoxy) is 2. The molecule has 2 aromatic rings. The lowest BCUT2D eigenvalue weighted by molar-refractivity contribution is -0.125. The summed E-state index contributed by atoms with van der Waals surface area (Å²) in [6.07, 6.45) is 0. The summed E-state index contributed by atoms with van der Waals surface area (Å²) in [5.74, 6) is 1.11. The van der Waals surface area contributed by atoms with E-state index in [1.54, 1.807) is 21.1 Å². The highest BCUT2D eigenvalue weighted by molar-refractivity contribution is 8.00. The predicted octanol–water partition coefficient (Wildman–Crippen LogP) is 2.62. The zero-order chi connectivity index (χ0) is 19.6. The highest BCUT2D eigenvalue weighted by Crippen LogP contribution is 2.25. The molecule has 2 rings (SSSR count). The van der Waals surface area contributed by atoms with Gasteiger partial charge in [-0.3, -0.25) is 9.59 Å². The first kappa shape index (κ1) is 20.6. The summed E-state index contributed by atoms with van der Waals surface area (Å²) in [5, 5.41) is 5.13. The summed E-state index contributed by atoms with van der Waals surface area (Å²) < 4.78 is 10.2. The molecule has 27 heavy (non-hydrogen) atoms. The second kappa shape index (κ2) is 10.5. The fraction of sp³-hybridized carbons (Fsp3) is 0.300. The Balaban J connectivity index is 1.71. The van der Waals surface area contributed by atoms with E-state index in [4.69, 9.17) is 9.47 Å². The van der Waals surface area contributed by atoms with Gasteiger partial charge in [0.25, 0.3) is 0 Å². The maximum Gasteiger partial charge on any atom is 0.239 e. The van der Waals surface area contributed by atoms with E-state index in [1.165, 1.54) is 11.8 Å². The van der Waals surface area contributed by atoms with Crippen LogP contribution in [0.25, 0.3) is 0 Å². The molecule has 6 nitrogen and oxygen atoms in total. The van der Waals surface area contributed by atoms with Crippen LogP contribution in [-0.2, 0) is 16.1 Å². The maximum atomic E-state index is 12.2. The SMILES string of the molecule is COc1ccc(CNC(=O)CNC(=O)C(C)Sc2ccc(OC)cc2)cc1. The molecule has 2 N–H and O–H groups in total. The van der Waals surface area contributed by atoms with Gasteiger partial charge in [0, 0.05) is 11.4 Å². The van der Waals surface area contributed by atoms with E-state index in [1.807, 2.05) is 48.5 Å². The third kappa shape index (κ3) is 6.86. The molecule has 0 bridgehead atoms. The minimum absolute atomic E-state index is 0.0531. The first-order chi connectivity index (χ1) is 13.0. The Morgan fingerprint density at radius 2 is 1.48 bits per heavy atom. The highest BCUT2D eigenvalue weighted by Gasteiger charge is 2.15. The molecule has 1 atom stereocenters. The van der Waals surface area contributed by atoms with Crippen LogP contribution >= 0.6 is 11.8 Å². The number of thioether (sulfide) groups is 1. The van der Waals surface area contributed by atoms with Crippen molar-refractivity contribution in [2.45, 2.75) is 23.6 Å². The van der Waals surface area contributed by atoms with E-state index < -0.39 is 0 Å². The van der Waals surface area contributed by atoms with Crippen molar-refractivity contribution in [3.05, 3.63) is 54.1 Å². The standard InChI is InChI=1S/C20H24N2O4S/c1-14(27-18-10-8-17(26-3)9-11-18)20(24)22-13-19(23)21-12-15-4-6-16(25-2)7-5-15/h4-11,14H,12-13H2,1-3H3,(H,21,23)(H,22,24). The number of hydrogen-bond acceptors (Lipinski definition) is 5. The van der Waals surface area contributed by atoms with Crippen LogP contribution in [0, 0.1) is 0 Å². The lowest BCUT2D eigenvalue weighted by atomic mass is 10.2. The zero-order valence-corrected chi connectivity index (χ0v) is 16.5. The van der Waals surface area contributed by atoms with Crippen molar-refractivity contribution in [1.29, 1.82) is 0 Å². The summed E-state index contributed by atoms with van der Waals surface area (Å²) in [6.45, 7) is 2.15. The highest BCUT2D eigenvalue weighted by atomic mass is 32.2. The second-order valence-electron chi connectivity index (χ2n) is 5.78. The Labute approximate surface area is 163 Å². The van der Waals surface area contributed by atoms with Crippen molar-refractivity contribution in [2.24, 2.45) is 0 Å². The fourth-order valence-electron chi connectivity index (χ4n) is 2.23. The monoisotopic (exact) mass is 388 g/mol. The van der Waals surface area contributed by atoms with Gasteiger partial charge >= 0.3 is 0 Å². The molecule has 2 aromatic carbocycles. The molecule has 1 unspecified atom stereocenters. The predicted molar refractivity (Wildman–Crippen MR) is 106 cm³/mol. The summed E-state index contributed by atoms with van der Waals surface area (Å²) in [7, 11) is 3.21. The van der Waals surface area contributed by atoms with Gasteiger partial charge in [-0.2, -0.15) is 0 Å². The van der Waals surface area contributed by atoms with Gasteiger partial charge in [0.1, 0.15) is 11.5 Å². The summed E-state index contributed by atoms with van der Waals surface area (Å²) in [5.41, 5.74) is 0.957. The summed E-state index contributed by atoms with van der Waals surface area (Å²) in [6, 6.07) is 14.9. The molecular weight excluding hydrogens is 364 g/mol. The van der Waals surface area contributed by atoms with Gasteiger partial charge < -0.3 is 20.1 Å². The molecular formula is C20H24N2O4S. The fourth-order valence-corrected chi connectivity index (χ4v) is 3.12. The van der Waals surface area contributed by atoms with Gasteiger partial charge in [-0.05, 0) is 48.9 Å². The van der Waals surface area contributed by atoms with Crippen molar-refractivity contribution in [3.63, 3.8) is 0 Å². The molecule has 0 saturated heterocycles. The molecule has 2 amide bonds. The lowest BCUT2D eigenvalue weighted by Crippen LogP contribution is -2.39. The Kier molecular flexibility index (Phi) is 8.00. The maximum absolute atomic E-state index is 12.2. The molecule has 0 aliphatic carbocycles. The Morgan fingerprint density at radius 1 is 0.926 bits per heavy atom. The van der Waals surface area contributed by atoms with Crippen LogP contribution in [0.5, 0.6) is 11.5 Å². The number of hydrogen-bond donors (Lipinski definition) is 2. The number of benzene rings is 2. The topological polar surface area (TPSA) is 76.7 Å². The van der Waals surface area contributed by atoms with Gasteiger partial charge in [-0.25, -0.2) is 0 Å². The molecule has 0 fully saturated rings. The van der Waals surface area contributed by atoms with Crippen LogP contribution in [0.4, 0.5) is 0 Å². The van der Waals surface area contributed by atoms with Crippen LogP contribution in [0.2, 0.25) is 0 Å². The average Bonchev–Trinajstić information content (AvgIpc) is 2.71. The number of nitrogens with one attached hydrogen (secondary N) is 2. The minimum atomic E-state index is -0.312. The van der Waals surface area contributed by atoms with E-state index in [0.717, 1.165) is 22.0 Å². The summed E-state index contributed by atoms with van der Waals surface area (Å²) >= 11 is 1.43. The van der Waals surface area contributed by atoms with Crippen molar-refractivity contribution in [1.82, 2.24) is 10.6 Å². The molecule has 0 spiro atoms.